The van der Waals surface area contributed by atoms with E-state index in [2.05, 4.69) is 10.4 Å². The molecular formula is C21H20F6N4O3. The highest BCUT2D eigenvalue weighted by Crippen LogP contribution is 2.38. The number of primary amides is 1. The Labute approximate surface area is 189 Å². The summed E-state index contributed by atoms with van der Waals surface area (Å²) in [6, 6.07) is 7.21. The van der Waals surface area contributed by atoms with E-state index in [-0.39, 0.29) is 24.3 Å². The first kappa shape index (κ1) is 25.1. The molecule has 34 heavy (non-hydrogen) atoms. The van der Waals surface area contributed by atoms with Crippen molar-refractivity contribution in [3.8, 4) is 16.9 Å². The van der Waals surface area contributed by atoms with Crippen LogP contribution in [0, 0.1) is 5.82 Å². The molecule has 1 heterocycles. The number of hydrogen-bond acceptors (Lipinski definition) is 5. The third-order valence-corrected chi connectivity index (χ3v) is 4.76. The molecule has 0 fully saturated rings. The Balaban J connectivity index is 2.03. The van der Waals surface area contributed by atoms with Gasteiger partial charge < -0.3 is 20.9 Å². The third-order valence-electron chi connectivity index (χ3n) is 4.76. The molecule has 1 aromatic heterocycles. The van der Waals surface area contributed by atoms with E-state index in [1.54, 1.807) is 6.07 Å². The first-order valence-corrected chi connectivity index (χ1v) is 9.94. The molecule has 0 aliphatic carbocycles. The van der Waals surface area contributed by atoms with Gasteiger partial charge in [-0.2, -0.15) is 27.1 Å². The highest BCUT2D eigenvalue weighted by Gasteiger charge is 2.58. The molecule has 184 valence electrons. The van der Waals surface area contributed by atoms with Gasteiger partial charge in [-0.1, -0.05) is 6.07 Å². The summed E-state index contributed by atoms with van der Waals surface area (Å²) in [4.78, 5) is 11.5. The van der Waals surface area contributed by atoms with E-state index in [4.69, 9.17) is 15.6 Å². The number of nitrogens with zero attached hydrogens (tertiary/aromatic N) is 2. The number of aliphatic hydroxyl groups is 1. The fourth-order valence-electron chi connectivity index (χ4n) is 3.13. The monoisotopic (exact) mass is 490 g/mol. The van der Waals surface area contributed by atoms with Crippen LogP contribution < -0.4 is 15.8 Å². The number of benzene rings is 2. The van der Waals surface area contributed by atoms with Crippen LogP contribution in [0.15, 0.2) is 36.4 Å². The van der Waals surface area contributed by atoms with E-state index in [0.717, 1.165) is 18.2 Å². The number of aliphatic hydroxyl groups excluding tert-OH is 1. The number of amides is 1. The Morgan fingerprint density at radius 3 is 2.53 bits per heavy atom. The second-order valence-electron chi connectivity index (χ2n) is 7.34. The molecule has 3 aromatic rings. The molecule has 0 spiro atoms. The number of hydrogen-bond donors (Lipinski definition) is 3. The maximum atomic E-state index is 13.9. The van der Waals surface area contributed by atoms with Crippen molar-refractivity contribution in [3.05, 3.63) is 42.2 Å². The highest BCUT2D eigenvalue weighted by atomic mass is 19.4. The first-order valence-electron chi connectivity index (χ1n) is 9.94. The van der Waals surface area contributed by atoms with E-state index in [1.807, 2.05) is 0 Å². The molecular weight excluding hydrogens is 470 g/mol. The largest absolute Gasteiger partial charge is 0.486 e. The van der Waals surface area contributed by atoms with Crippen LogP contribution in [0.2, 0.25) is 0 Å². The number of nitrogens with two attached hydrogens (primary N) is 1. The summed E-state index contributed by atoms with van der Waals surface area (Å²) in [6.45, 7) is -2.00. The molecule has 0 aliphatic rings. The summed E-state index contributed by atoms with van der Waals surface area (Å²) >= 11 is 0. The van der Waals surface area contributed by atoms with E-state index in [0.29, 0.717) is 29.7 Å². The second-order valence-corrected chi connectivity index (χ2v) is 7.34. The topological polar surface area (TPSA) is 102 Å². The van der Waals surface area contributed by atoms with Crippen molar-refractivity contribution in [2.45, 2.75) is 25.1 Å². The molecule has 1 amide bonds. The van der Waals surface area contributed by atoms with Crippen LogP contribution in [0.5, 0.6) is 5.75 Å². The molecule has 0 radical (unpaired) electrons. The predicted octanol–water partition coefficient (Wildman–Crippen LogP) is 3.70. The molecule has 0 saturated heterocycles. The van der Waals surface area contributed by atoms with Crippen molar-refractivity contribution in [1.29, 1.82) is 0 Å². The molecule has 4 N–H and O–H groups in total. The van der Waals surface area contributed by atoms with Gasteiger partial charge in [0.2, 0.25) is 5.91 Å². The fourth-order valence-corrected chi connectivity index (χ4v) is 3.13. The molecule has 0 bridgehead atoms. The van der Waals surface area contributed by atoms with E-state index >= 15 is 0 Å². The Kier molecular flexibility index (Phi) is 7.24. The van der Waals surface area contributed by atoms with Gasteiger partial charge in [0.05, 0.1) is 5.52 Å². The summed E-state index contributed by atoms with van der Waals surface area (Å²) in [5.41, 5.74) is 5.76. The Morgan fingerprint density at radius 1 is 1.15 bits per heavy atom. The molecule has 0 unspecified atom stereocenters. The van der Waals surface area contributed by atoms with Crippen LogP contribution in [0.1, 0.15) is 6.42 Å². The Hall–Kier alpha value is -3.48. The molecule has 7 nitrogen and oxygen atoms in total. The minimum absolute atomic E-state index is 0.0627. The molecule has 3 rings (SSSR count). The lowest BCUT2D eigenvalue weighted by molar-refractivity contribution is -0.289. The molecule has 13 heteroatoms. The molecule has 0 aliphatic heterocycles. The maximum Gasteiger partial charge on any atom is 0.456 e. The summed E-state index contributed by atoms with van der Waals surface area (Å²) < 4.78 is 84.1. The maximum absolute atomic E-state index is 13.9. The van der Waals surface area contributed by atoms with Gasteiger partial charge in [-0.3, -0.25) is 9.48 Å². The Bertz CT molecular complexity index is 1180. The van der Waals surface area contributed by atoms with Gasteiger partial charge in [0, 0.05) is 24.1 Å². The van der Waals surface area contributed by atoms with Crippen molar-refractivity contribution in [3.63, 3.8) is 0 Å². The number of alkyl halides is 5. The predicted molar refractivity (Wildman–Crippen MR) is 111 cm³/mol. The SMILES string of the molecule is NC(=O)Cn1nc(NCCCO)c2ccc(-c3cc(F)ccc3OCC(F)(F)C(F)(F)F)cc21. The number of carbonyl (C=O) groups is 1. The highest BCUT2D eigenvalue weighted by molar-refractivity contribution is 5.94. The van der Waals surface area contributed by atoms with Crippen LogP contribution in [0.3, 0.4) is 0 Å². The zero-order valence-electron chi connectivity index (χ0n) is 17.5. The van der Waals surface area contributed by atoms with Crippen molar-refractivity contribution in [1.82, 2.24) is 9.78 Å². The normalized spacial score (nSPS) is 12.2. The smallest absolute Gasteiger partial charge is 0.456 e. The van der Waals surface area contributed by atoms with Gasteiger partial charge in [-0.25, -0.2) is 4.39 Å². The van der Waals surface area contributed by atoms with Crippen LogP contribution in [0.25, 0.3) is 22.0 Å². The average molecular weight is 490 g/mol. The van der Waals surface area contributed by atoms with Gasteiger partial charge in [-0.05, 0) is 42.3 Å². The standard InChI is InChI=1S/C21H20F6N4O3/c22-13-3-5-17(34-11-20(23,24)21(25,26)27)15(9-13)12-2-4-14-16(8-12)31(10-18(28)33)30-19(14)29-6-1-7-32/h2-5,8-9,32H,1,6-7,10-11H2,(H2,28,33)(H,29,30). The van der Waals surface area contributed by atoms with Crippen LogP contribution in [0.4, 0.5) is 32.2 Å². The number of fused-ring (bicyclic) bond motifs is 1. The average Bonchev–Trinajstić information content (AvgIpc) is 3.08. The Morgan fingerprint density at radius 2 is 1.88 bits per heavy atom. The van der Waals surface area contributed by atoms with Gasteiger partial charge in [0.15, 0.2) is 12.4 Å². The van der Waals surface area contributed by atoms with E-state index in [1.165, 1.54) is 16.8 Å². The van der Waals surface area contributed by atoms with Crippen molar-refractivity contribution in [2.24, 2.45) is 5.73 Å². The number of rotatable bonds is 10. The number of aromatic nitrogens is 2. The van der Waals surface area contributed by atoms with Crippen LogP contribution >= 0.6 is 0 Å². The van der Waals surface area contributed by atoms with Gasteiger partial charge in [-0.15, -0.1) is 0 Å². The number of anilines is 1. The number of carbonyl (C=O) groups excluding carboxylic acids is 1. The van der Waals surface area contributed by atoms with Gasteiger partial charge in [0.1, 0.15) is 18.1 Å². The first-order chi connectivity index (χ1) is 15.9. The molecule has 0 saturated carbocycles. The van der Waals surface area contributed by atoms with Crippen LogP contribution in [-0.2, 0) is 11.3 Å². The van der Waals surface area contributed by atoms with Crippen molar-refractivity contribution in [2.75, 3.05) is 25.1 Å². The molecule has 0 atom stereocenters. The van der Waals surface area contributed by atoms with Crippen LogP contribution in [-0.4, -0.2) is 52.7 Å². The summed E-state index contributed by atoms with van der Waals surface area (Å²) in [5, 5.41) is 16.7. The lowest BCUT2D eigenvalue weighted by atomic mass is 10.0. The van der Waals surface area contributed by atoms with E-state index < -0.39 is 36.2 Å². The summed E-state index contributed by atoms with van der Waals surface area (Å²) in [7, 11) is 0. The lowest BCUT2D eigenvalue weighted by Gasteiger charge is -2.21. The second kappa shape index (κ2) is 9.79. The zero-order valence-corrected chi connectivity index (χ0v) is 17.5. The quantitative estimate of drug-likeness (QED) is 0.297. The lowest BCUT2D eigenvalue weighted by Crippen LogP contribution is -2.41. The number of nitrogens with one attached hydrogen (secondary N) is 1. The zero-order chi connectivity index (χ0) is 25.1. The number of halogens is 6. The van der Waals surface area contributed by atoms with E-state index in [9.17, 15) is 31.1 Å². The van der Waals surface area contributed by atoms with Crippen molar-refractivity contribution >= 4 is 22.6 Å². The van der Waals surface area contributed by atoms with Gasteiger partial charge >= 0.3 is 12.1 Å². The van der Waals surface area contributed by atoms with Crippen molar-refractivity contribution < 1.29 is 41.0 Å². The molecule has 2 aromatic carbocycles. The minimum atomic E-state index is -5.81. The summed E-state index contributed by atoms with van der Waals surface area (Å²) in [5.74, 6) is -6.62. The third kappa shape index (κ3) is 5.53. The number of ether oxygens (including phenoxy) is 1. The van der Waals surface area contributed by atoms with Gasteiger partial charge in [0.25, 0.3) is 0 Å². The fraction of sp³-hybridized carbons (Fsp3) is 0.333. The summed E-state index contributed by atoms with van der Waals surface area (Å²) in [6.07, 6.45) is -5.39. The minimum Gasteiger partial charge on any atom is -0.486 e.